The Bertz CT molecular complexity index is 464. The van der Waals surface area contributed by atoms with Crippen LogP contribution in [0.4, 0.5) is 4.39 Å². The van der Waals surface area contributed by atoms with E-state index < -0.39 is 0 Å². The van der Waals surface area contributed by atoms with Crippen LogP contribution in [0.25, 0.3) is 0 Å². The molecule has 0 aliphatic carbocycles. The molecule has 22 heavy (non-hydrogen) atoms. The fourth-order valence-electron chi connectivity index (χ4n) is 2.74. The summed E-state index contributed by atoms with van der Waals surface area (Å²) in [6.45, 7) is 4.82. The third-order valence-electron chi connectivity index (χ3n) is 4.27. The highest BCUT2D eigenvalue weighted by atomic mass is 35.5. The van der Waals surface area contributed by atoms with Crippen molar-refractivity contribution in [2.45, 2.75) is 32.6 Å². The molecule has 2 atom stereocenters. The highest BCUT2D eigenvalue weighted by Gasteiger charge is 2.16. The van der Waals surface area contributed by atoms with Gasteiger partial charge in [0, 0.05) is 12.5 Å². The number of amides is 1. The van der Waals surface area contributed by atoms with Crippen molar-refractivity contribution >= 4 is 18.3 Å². The molecule has 0 bridgehead atoms. The second kappa shape index (κ2) is 9.80. The van der Waals surface area contributed by atoms with Gasteiger partial charge in [-0.05, 0) is 56.3 Å². The molecule has 0 saturated carbocycles. The van der Waals surface area contributed by atoms with Crippen LogP contribution in [0, 0.1) is 17.7 Å². The van der Waals surface area contributed by atoms with E-state index in [1.54, 1.807) is 12.1 Å². The van der Waals surface area contributed by atoms with Crippen molar-refractivity contribution in [3.05, 3.63) is 35.6 Å². The molecule has 5 heteroatoms. The summed E-state index contributed by atoms with van der Waals surface area (Å²) in [6, 6.07) is 6.77. The van der Waals surface area contributed by atoms with Crippen LogP contribution in [-0.2, 0) is 11.2 Å². The molecule has 0 radical (unpaired) electrons. The van der Waals surface area contributed by atoms with Gasteiger partial charge in [-0.25, -0.2) is 4.39 Å². The number of halogens is 2. The van der Waals surface area contributed by atoms with E-state index >= 15 is 0 Å². The molecular weight excluding hydrogens is 303 g/mol. The van der Waals surface area contributed by atoms with E-state index in [2.05, 4.69) is 10.6 Å². The summed E-state index contributed by atoms with van der Waals surface area (Å²) in [5.41, 5.74) is 0.689. The van der Waals surface area contributed by atoms with Gasteiger partial charge in [0.1, 0.15) is 5.82 Å². The Morgan fingerprint density at radius 3 is 2.91 bits per heavy atom. The van der Waals surface area contributed by atoms with Crippen LogP contribution in [-0.4, -0.2) is 25.5 Å². The maximum Gasteiger partial charge on any atom is 0.222 e. The van der Waals surface area contributed by atoms with E-state index in [1.165, 1.54) is 12.5 Å². The van der Waals surface area contributed by atoms with Gasteiger partial charge in [0.2, 0.25) is 5.91 Å². The Morgan fingerprint density at radius 1 is 1.45 bits per heavy atom. The van der Waals surface area contributed by atoms with Crippen molar-refractivity contribution < 1.29 is 9.18 Å². The number of rotatable bonds is 7. The normalized spacial score (nSPS) is 18.5. The van der Waals surface area contributed by atoms with E-state index in [4.69, 9.17) is 0 Å². The molecule has 2 rings (SSSR count). The average molecular weight is 329 g/mol. The van der Waals surface area contributed by atoms with Crippen molar-refractivity contribution in [3.63, 3.8) is 0 Å². The van der Waals surface area contributed by atoms with Gasteiger partial charge < -0.3 is 10.6 Å². The average Bonchev–Trinajstić information content (AvgIpc) is 2.99. The fraction of sp³-hybridized carbons (Fsp3) is 0.588. The number of hydrogen-bond donors (Lipinski definition) is 2. The number of hydrogen-bond acceptors (Lipinski definition) is 2. The molecular formula is C17H26ClFN2O. The summed E-state index contributed by atoms with van der Waals surface area (Å²) >= 11 is 0. The lowest BCUT2D eigenvalue weighted by molar-refractivity contribution is -0.124. The van der Waals surface area contributed by atoms with Crippen molar-refractivity contribution in [1.82, 2.24) is 10.6 Å². The second-order valence-corrected chi connectivity index (χ2v) is 5.97. The van der Waals surface area contributed by atoms with Crippen LogP contribution < -0.4 is 10.6 Å². The summed E-state index contributed by atoms with van der Waals surface area (Å²) in [7, 11) is 0. The van der Waals surface area contributed by atoms with Crippen LogP contribution in [0.1, 0.15) is 31.7 Å². The Morgan fingerprint density at radius 2 is 2.23 bits per heavy atom. The summed E-state index contributed by atoms with van der Waals surface area (Å²) in [5.74, 6) is 0.515. The lowest BCUT2D eigenvalue weighted by atomic mass is 9.99. The summed E-state index contributed by atoms with van der Waals surface area (Å²) in [5, 5.41) is 6.33. The van der Waals surface area contributed by atoms with Crippen LogP contribution in [0.5, 0.6) is 0 Å². The first-order valence-electron chi connectivity index (χ1n) is 7.88. The van der Waals surface area contributed by atoms with Gasteiger partial charge in [-0.3, -0.25) is 4.79 Å². The van der Waals surface area contributed by atoms with Crippen molar-refractivity contribution in [2.75, 3.05) is 19.6 Å². The first-order valence-corrected chi connectivity index (χ1v) is 7.88. The molecule has 1 heterocycles. The van der Waals surface area contributed by atoms with Crippen LogP contribution in [0.15, 0.2) is 24.3 Å². The lowest BCUT2D eigenvalue weighted by Crippen LogP contribution is -2.31. The van der Waals surface area contributed by atoms with Crippen molar-refractivity contribution in [2.24, 2.45) is 11.8 Å². The number of carbonyl (C=O) groups excluding carboxylic acids is 1. The van der Waals surface area contributed by atoms with E-state index in [-0.39, 0.29) is 30.0 Å². The molecule has 124 valence electrons. The van der Waals surface area contributed by atoms with Crippen LogP contribution >= 0.6 is 12.4 Å². The van der Waals surface area contributed by atoms with Gasteiger partial charge in [-0.1, -0.05) is 25.1 Å². The third-order valence-corrected chi connectivity index (χ3v) is 4.27. The van der Waals surface area contributed by atoms with E-state index in [9.17, 15) is 9.18 Å². The number of benzene rings is 1. The molecule has 1 amide bonds. The molecule has 2 N–H and O–H groups in total. The monoisotopic (exact) mass is 328 g/mol. The minimum atomic E-state index is -0.182. The molecule has 1 aromatic rings. The first kappa shape index (κ1) is 18.9. The Labute approximate surface area is 138 Å². The SMILES string of the molecule is CC(CCc1ccccc1F)C(=O)NCCC1CCNC1.Cl. The fourth-order valence-corrected chi connectivity index (χ4v) is 2.74. The highest BCUT2D eigenvalue weighted by molar-refractivity contribution is 5.85. The standard InChI is InChI=1S/C17H25FN2O.ClH/c1-13(6-7-15-4-2-3-5-16(15)18)17(21)20-11-9-14-8-10-19-12-14;/h2-5,13-14,19H,6-12H2,1H3,(H,20,21);1H. The molecule has 3 nitrogen and oxygen atoms in total. The minimum absolute atomic E-state index is 0. The molecule has 1 saturated heterocycles. The molecule has 0 aromatic heterocycles. The molecule has 1 aliphatic heterocycles. The van der Waals surface area contributed by atoms with Gasteiger partial charge in [-0.2, -0.15) is 0 Å². The Balaban J connectivity index is 0.00000242. The first-order chi connectivity index (χ1) is 10.2. The second-order valence-electron chi connectivity index (χ2n) is 5.97. The quantitative estimate of drug-likeness (QED) is 0.808. The smallest absolute Gasteiger partial charge is 0.222 e. The zero-order chi connectivity index (χ0) is 15.1. The number of nitrogens with one attached hydrogen (secondary N) is 2. The van der Waals surface area contributed by atoms with Crippen LogP contribution in [0.3, 0.4) is 0 Å². The largest absolute Gasteiger partial charge is 0.356 e. The van der Waals surface area contributed by atoms with Crippen molar-refractivity contribution in [3.8, 4) is 0 Å². The van der Waals surface area contributed by atoms with Gasteiger partial charge in [0.05, 0.1) is 0 Å². The summed E-state index contributed by atoms with van der Waals surface area (Å²) < 4.78 is 13.5. The lowest BCUT2D eigenvalue weighted by Gasteiger charge is -2.14. The van der Waals surface area contributed by atoms with Crippen LogP contribution in [0.2, 0.25) is 0 Å². The number of carbonyl (C=O) groups is 1. The highest BCUT2D eigenvalue weighted by Crippen LogP contribution is 2.14. The maximum atomic E-state index is 13.5. The Hall–Kier alpha value is -1.13. The predicted molar refractivity (Wildman–Crippen MR) is 89.7 cm³/mol. The molecule has 2 unspecified atom stereocenters. The summed E-state index contributed by atoms with van der Waals surface area (Å²) in [6.07, 6.45) is 3.53. The molecule has 1 aliphatic rings. The number of aryl methyl sites for hydroxylation is 1. The minimum Gasteiger partial charge on any atom is -0.356 e. The topological polar surface area (TPSA) is 41.1 Å². The predicted octanol–water partition coefficient (Wildman–Crippen LogP) is 2.93. The Kier molecular flexibility index (Phi) is 8.43. The van der Waals surface area contributed by atoms with E-state index in [0.29, 0.717) is 24.3 Å². The van der Waals surface area contributed by atoms with E-state index in [1.807, 2.05) is 13.0 Å². The van der Waals surface area contributed by atoms with E-state index in [0.717, 1.165) is 26.1 Å². The molecule has 1 aromatic carbocycles. The zero-order valence-corrected chi connectivity index (χ0v) is 13.9. The summed E-state index contributed by atoms with van der Waals surface area (Å²) in [4.78, 5) is 12.0. The van der Waals surface area contributed by atoms with Gasteiger partial charge >= 0.3 is 0 Å². The third kappa shape index (κ3) is 5.93. The zero-order valence-electron chi connectivity index (χ0n) is 13.1. The molecule has 1 fully saturated rings. The molecule has 0 spiro atoms. The van der Waals surface area contributed by atoms with Gasteiger partial charge in [0.25, 0.3) is 0 Å². The van der Waals surface area contributed by atoms with Gasteiger partial charge in [-0.15, -0.1) is 12.4 Å². The van der Waals surface area contributed by atoms with Crippen molar-refractivity contribution in [1.29, 1.82) is 0 Å². The van der Waals surface area contributed by atoms with Gasteiger partial charge in [0.15, 0.2) is 0 Å². The maximum absolute atomic E-state index is 13.5.